The molecule has 4 nitrogen and oxygen atoms in total. The number of amides is 1. The topological polar surface area (TPSA) is 41.6 Å². The Balaban J connectivity index is 1.68. The lowest BCUT2D eigenvalue weighted by atomic mass is 9.73. The molecule has 23 heavy (non-hydrogen) atoms. The minimum Gasteiger partial charge on any atom is -0.381 e. The van der Waals surface area contributed by atoms with Crippen LogP contribution in [0.3, 0.4) is 0 Å². The predicted molar refractivity (Wildman–Crippen MR) is 91.8 cm³/mol. The molecule has 5 heteroatoms. The number of carbonyl (C=O) groups excluding carboxylic acids is 1. The van der Waals surface area contributed by atoms with Gasteiger partial charge in [0.05, 0.1) is 5.41 Å². The minimum absolute atomic E-state index is 0.104. The lowest BCUT2D eigenvalue weighted by molar-refractivity contribution is -0.130. The number of ether oxygens (including phenoxy) is 1. The van der Waals surface area contributed by atoms with Crippen molar-refractivity contribution in [1.29, 1.82) is 0 Å². The van der Waals surface area contributed by atoms with Gasteiger partial charge in [0.1, 0.15) is 0 Å². The molecule has 2 aliphatic rings. The predicted octanol–water partition coefficient (Wildman–Crippen LogP) is 2.60. The second-order valence-corrected chi connectivity index (χ2v) is 7.11. The summed E-state index contributed by atoms with van der Waals surface area (Å²) in [5, 5.41) is 3.82. The van der Waals surface area contributed by atoms with Crippen molar-refractivity contribution < 1.29 is 9.53 Å². The minimum atomic E-state index is -0.513. The first kappa shape index (κ1) is 16.7. The maximum Gasteiger partial charge on any atom is 0.230 e. The van der Waals surface area contributed by atoms with Gasteiger partial charge in [-0.1, -0.05) is 23.7 Å². The van der Waals surface area contributed by atoms with E-state index < -0.39 is 5.41 Å². The highest BCUT2D eigenvalue weighted by Gasteiger charge is 2.41. The Kier molecular flexibility index (Phi) is 5.24. The number of rotatable bonds is 6. The molecule has 1 aliphatic carbocycles. The van der Waals surface area contributed by atoms with E-state index >= 15 is 0 Å². The van der Waals surface area contributed by atoms with Crippen LogP contribution in [-0.4, -0.2) is 50.2 Å². The number of nitrogens with zero attached hydrogens (tertiary/aromatic N) is 1. The molecule has 1 saturated carbocycles. The highest BCUT2D eigenvalue weighted by Crippen LogP contribution is 2.36. The second kappa shape index (κ2) is 7.20. The van der Waals surface area contributed by atoms with Crippen LogP contribution < -0.4 is 5.32 Å². The van der Waals surface area contributed by atoms with E-state index in [1.54, 1.807) is 0 Å². The van der Waals surface area contributed by atoms with E-state index in [9.17, 15) is 4.79 Å². The molecule has 1 heterocycles. The van der Waals surface area contributed by atoms with Crippen LogP contribution in [0.15, 0.2) is 24.3 Å². The van der Waals surface area contributed by atoms with Crippen molar-refractivity contribution in [1.82, 2.24) is 10.2 Å². The quantitative estimate of drug-likeness (QED) is 0.868. The number of benzene rings is 1. The summed E-state index contributed by atoms with van der Waals surface area (Å²) in [5.41, 5.74) is 0.489. The van der Waals surface area contributed by atoms with Crippen molar-refractivity contribution in [2.75, 3.05) is 33.4 Å². The van der Waals surface area contributed by atoms with Gasteiger partial charge in [-0.2, -0.15) is 0 Å². The van der Waals surface area contributed by atoms with E-state index in [1.807, 2.05) is 24.3 Å². The van der Waals surface area contributed by atoms with Gasteiger partial charge in [0, 0.05) is 37.4 Å². The van der Waals surface area contributed by atoms with Crippen LogP contribution in [0.4, 0.5) is 0 Å². The first-order valence-corrected chi connectivity index (χ1v) is 8.82. The molecule has 2 fully saturated rings. The number of likely N-dealkylation sites (N-methyl/N-ethyl adjacent to an activating group) is 1. The number of hydrogen-bond donors (Lipinski definition) is 1. The molecule has 1 aromatic carbocycles. The zero-order valence-electron chi connectivity index (χ0n) is 13.7. The number of hydrogen-bond acceptors (Lipinski definition) is 3. The third-order valence-electron chi connectivity index (χ3n) is 5.08. The molecular weight excluding hydrogens is 312 g/mol. The van der Waals surface area contributed by atoms with E-state index in [1.165, 1.54) is 12.8 Å². The lowest BCUT2D eigenvalue weighted by Crippen LogP contribution is -2.49. The smallest absolute Gasteiger partial charge is 0.230 e. The SMILES string of the molecule is CN(CCNC(=O)C1(c2cccc(Cl)c2)CCOCC1)C1CC1. The van der Waals surface area contributed by atoms with Gasteiger partial charge in [-0.25, -0.2) is 0 Å². The van der Waals surface area contributed by atoms with E-state index in [-0.39, 0.29) is 5.91 Å². The van der Waals surface area contributed by atoms with E-state index in [0.717, 1.165) is 18.2 Å². The van der Waals surface area contributed by atoms with Crippen LogP contribution in [-0.2, 0) is 14.9 Å². The van der Waals surface area contributed by atoms with Crippen molar-refractivity contribution in [3.8, 4) is 0 Å². The molecule has 0 atom stereocenters. The summed E-state index contributed by atoms with van der Waals surface area (Å²) in [5.74, 6) is 0.104. The van der Waals surface area contributed by atoms with Gasteiger partial charge in [0.15, 0.2) is 0 Å². The second-order valence-electron chi connectivity index (χ2n) is 6.67. The fourth-order valence-electron chi connectivity index (χ4n) is 3.37. The zero-order valence-corrected chi connectivity index (χ0v) is 14.4. The van der Waals surface area contributed by atoms with Gasteiger partial charge < -0.3 is 15.0 Å². The maximum absolute atomic E-state index is 13.0. The van der Waals surface area contributed by atoms with Gasteiger partial charge in [-0.3, -0.25) is 4.79 Å². The van der Waals surface area contributed by atoms with Gasteiger partial charge in [-0.15, -0.1) is 0 Å². The molecular formula is C18H25ClN2O2. The fourth-order valence-corrected chi connectivity index (χ4v) is 3.56. The summed E-state index contributed by atoms with van der Waals surface area (Å²) in [6, 6.07) is 8.41. The lowest BCUT2D eigenvalue weighted by Gasteiger charge is -2.36. The Morgan fingerprint density at radius 2 is 2.13 bits per heavy atom. The van der Waals surface area contributed by atoms with Crippen molar-refractivity contribution >= 4 is 17.5 Å². The summed E-state index contributed by atoms with van der Waals surface area (Å²) >= 11 is 6.15. The fraction of sp³-hybridized carbons (Fsp3) is 0.611. The van der Waals surface area contributed by atoms with E-state index in [0.29, 0.717) is 37.6 Å². The molecule has 0 aromatic heterocycles. The van der Waals surface area contributed by atoms with Crippen LogP contribution in [0.5, 0.6) is 0 Å². The van der Waals surface area contributed by atoms with Crippen LogP contribution in [0.25, 0.3) is 0 Å². The summed E-state index contributed by atoms with van der Waals surface area (Å²) in [7, 11) is 2.13. The van der Waals surface area contributed by atoms with Crippen LogP contribution in [0.2, 0.25) is 5.02 Å². The maximum atomic E-state index is 13.0. The molecule has 0 bridgehead atoms. The van der Waals surface area contributed by atoms with Crippen LogP contribution >= 0.6 is 11.6 Å². The average Bonchev–Trinajstić information content (AvgIpc) is 3.40. The van der Waals surface area contributed by atoms with Crippen molar-refractivity contribution in [3.05, 3.63) is 34.9 Å². The average molecular weight is 337 g/mol. The zero-order chi connectivity index (χ0) is 16.3. The third-order valence-corrected chi connectivity index (χ3v) is 5.31. The molecule has 1 amide bonds. The van der Waals surface area contributed by atoms with Gasteiger partial charge in [-0.05, 0) is 50.4 Å². The highest BCUT2D eigenvalue weighted by atomic mass is 35.5. The number of halogens is 1. The van der Waals surface area contributed by atoms with Gasteiger partial charge in [0.25, 0.3) is 0 Å². The highest BCUT2D eigenvalue weighted by molar-refractivity contribution is 6.30. The molecule has 3 rings (SSSR count). The van der Waals surface area contributed by atoms with Crippen LogP contribution in [0.1, 0.15) is 31.2 Å². The normalized spacial score (nSPS) is 20.5. The largest absolute Gasteiger partial charge is 0.381 e. The Bertz CT molecular complexity index is 554. The summed E-state index contributed by atoms with van der Waals surface area (Å²) < 4.78 is 5.49. The monoisotopic (exact) mass is 336 g/mol. The molecule has 1 N–H and O–H groups in total. The molecule has 0 radical (unpaired) electrons. The van der Waals surface area contributed by atoms with E-state index in [2.05, 4.69) is 17.3 Å². The first-order chi connectivity index (χ1) is 11.1. The molecule has 1 saturated heterocycles. The molecule has 1 aromatic rings. The van der Waals surface area contributed by atoms with E-state index in [4.69, 9.17) is 16.3 Å². The van der Waals surface area contributed by atoms with Crippen LogP contribution in [0, 0.1) is 0 Å². The Hall–Kier alpha value is -1.10. The number of carbonyl (C=O) groups is 1. The third kappa shape index (κ3) is 3.87. The van der Waals surface area contributed by atoms with Gasteiger partial charge in [0.2, 0.25) is 5.91 Å². The summed E-state index contributed by atoms with van der Waals surface area (Å²) in [6.07, 6.45) is 3.98. The standard InChI is InChI=1S/C18H25ClN2O2/c1-21(16-5-6-16)10-9-20-17(22)18(7-11-23-12-8-18)14-3-2-4-15(19)13-14/h2-4,13,16H,5-12H2,1H3,(H,20,22). The Labute approximate surface area is 143 Å². The van der Waals surface area contributed by atoms with Crippen molar-refractivity contribution in [2.24, 2.45) is 0 Å². The first-order valence-electron chi connectivity index (χ1n) is 8.44. The Morgan fingerprint density at radius 1 is 1.39 bits per heavy atom. The summed E-state index contributed by atoms with van der Waals surface area (Å²) in [6.45, 7) is 2.82. The molecule has 0 unspecified atom stereocenters. The molecule has 0 spiro atoms. The van der Waals surface area contributed by atoms with Crippen molar-refractivity contribution in [3.63, 3.8) is 0 Å². The summed E-state index contributed by atoms with van der Waals surface area (Å²) in [4.78, 5) is 15.3. The number of nitrogens with one attached hydrogen (secondary N) is 1. The van der Waals surface area contributed by atoms with Crippen molar-refractivity contribution in [2.45, 2.75) is 37.1 Å². The Morgan fingerprint density at radius 3 is 2.78 bits per heavy atom. The molecule has 1 aliphatic heterocycles. The molecule has 126 valence electrons. The van der Waals surface area contributed by atoms with Gasteiger partial charge >= 0.3 is 0 Å².